The van der Waals surface area contributed by atoms with Crippen LogP contribution in [0.2, 0.25) is 0 Å². The van der Waals surface area contributed by atoms with Gasteiger partial charge in [0.1, 0.15) is 0 Å². The van der Waals surface area contributed by atoms with Gasteiger partial charge in [-0.15, -0.1) is 0 Å². The number of fused-ring (bicyclic) bond motifs is 2. The molecule has 0 aromatic heterocycles. The average molecular weight is 388 g/mol. The molecule has 1 heteroatoms. The van der Waals surface area contributed by atoms with Crippen LogP contribution in [0.15, 0.2) is 114 Å². The molecule has 5 rings (SSSR count). The Bertz CT molecular complexity index is 1320. The molecule has 0 atom stereocenters. The number of anilines is 2. The van der Waals surface area contributed by atoms with Crippen LogP contribution in [0.1, 0.15) is 18.9 Å². The van der Waals surface area contributed by atoms with E-state index in [0.717, 1.165) is 6.42 Å². The maximum Gasteiger partial charge on any atom is 0.0540 e. The van der Waals surface area contributed by atoms with Gasteiger partial charge in [-0.05, 0) is 78.9 Å². The fraction of sp³-hybridized carbons (Fsp3) is 0.103. The summed E-state index contributed by atoms with van der Waals surface area (Å²) in [6.45, 7) is 4.32. The highest BCUT2D eigenvalue weighted by Crippen LogP contribution is 2.38. The maximum absolute atomic E-state index is 2.38. The van der Waals surface area contributed by atoms with Gasteiger partial charge in [-0.3, -0.25) is 0 Å². The van der Waals surface area contributed by atoms with E-state index in [4.69, 9.17) is 0 Å². The molecule has 0 bridgehead atoms. The Labute approximate surface area is 178 Å². The summed E-state index contributed by atoms with van der Waals surface area (Å²) in [6.07, 6.45) is 9.96. The zero-order chi connectivity index (χ0) is 20.5. The van der Waals surface area contributed by atoms with E-state index in [1.807, 2.05) is 0 Å². The summed E-state index contributed by atoms with van der Waals surface area (Å²) in [5.41, 5.74) is 6.19. The second-order valence-electron chi connectivity index (χ2n) is 8.08. The Hall–Kier alpha value is -3.58. The summed E-state index contributed by atoms with van der Waals surface area (Å²) in [6, 6.07) is 28.6. The number of allylic oxidation sites excluding steroid dienone is 5. The lowest BCUT2D eigenvalue weighted by Gasteiger charge is -2.28. The van der Waals surface area contributed by atoms with E-state index < -0.39 is 0 Å². The smallest absolute Gasteiger partial charge is 0.0540 e. The number of nitrogens with zero attached hydrogens (tertiary/aromatic N) is 1. The van der Waals surface area contributed by atoms with Gasteiger partial charge >= 0.3 is 0 Å². The third kappa shape index (κ3) is 3.44. The van der Waals surface area contributed by atoms with Crippen molar-refractivity contribution < 1.29 is 0 Å². The van der Waals surface area contributed by atoms with Crippen LogP contribution in [0.5, 0.6) is 0 Å². The van der Waals surface area contributed by atoms with E-state index in [2.05, 4.69) is 122 Å². The van der Waals surface area contributed by atoms with Crippen LogP contribution in [0, 0.1) is 6.92 Å². The Morgan fingerprint density at radius 2 is 1.43 bits per heavy atom. The van der Waals surface area contributed by atoms with Gasteiger partial charge in [0, 0.05) is 16.8 Å². The fourth-order valence-corrected chi connectivity index (χ4v) is 4.13. The molecule has 1 nitrogen and oxygen atoms in total. The first-order chi connectivity index (χ1) is 14.7. The monoisotopic (exact) mass is 387 g/mol. The lowest BCUT2D eigenvalue weighted by Crippen LogP contribution is -2.15. The van der Waals surface area contributed by atoms with Crippen LogP contribution >= 0.6 is 0 Å². The van der Waals surface area contributed by atoms with Gasteiger partial charge in [-0.2, -0.15) is 0 Å². The SMILES string of the molecule is CC1=CC=C(N(c2ccc(C)cc2)c2cccc3cc4ccccc4cc23)C=CC1. The molecule has 0 amide bonds. The van der Waals surface area contributed by atoms with Crippen molar-refractivity contribution in [2.75, 3.05) is 4.90 Å². The Morgan fingerprint density at radius 1 is 0.700 bits per heavy atom. The first-order valence-electron chi connectivity index (χ1n) is 10.5. The summed E-state index contributed by atoms with van der Waals surface area (Å²) in [7, 11) is 0. The molecule has 1 aliphatic rings. The van der Waals surface area contributed by atoms with Gasteiger partial charge < -0.3 is 4.90 Å². The van der Waals surface area contributed by atoms with Gasteiger partial charge in [0.05, 0.1) is 5.69 Å². The quantitative estimate of drug-likeness (QED) is 0.320. The highest BCUT2D eigenvalue weighted by molar-refractivity contribution is 6.05. The molecule has 0 fully saturated rings. The van der Waals surface area contributed by atoms with E-state index in [0.29, 0.717) is 0 Å². The first-order valence-corrected chi connectivity index (χ1v) is 10.5. The number of hydrogen-bond donors (Lipinski definition) is 0. The molecule has 0 spiro atoms. The van der Waals surface area contributed by atoms with Gasteiger partial charge in [-0.1, -0.05) is 71.8 Å². The lowest BCUT2D eigenvalue weighted by atomic mass is 10.0. The highest BCUT2D eigenvalue weighted by Gasteiger charge is 2.16. The molecule has 0 N–H and O–H groups in total. The topological polar surface area (TPSA) is 3.24 Å². The zero-order valence-electron chi connectivity index (χ0n) is 17.5. The van der Waals surface area contributed by atoms with E-state index in [1.54, 1.807) is 0 Å². The van der Waals surface area contributed by atoms with Crippen LogP contribution < -0.4 is 4.90 Å². The molecule has 30 heavy (non-hydrogen) atoms. The van der Waals surface area contributed by atoms with Gasteiger partial charge in [-0.25, -0.2) is 0 Å². The second kappa shape index (κ2) is 7.68. The van der Waals surface area contributed by atoms with Crippen LogP contribution in [-0.4, -0.2) is 0 Å². The zero-order valence-corrected chi connectivity index (χ0v) is 17.5. The van der Waals surface area contributed by atoms with Crippen LogP contribution in [-0.2, 0) is 0 Å². The first kappa shape index (κ1) is 18.4. The van der Waals surface area contributed by atoms with Gasteiger partial charge in [0.25, 0.3) is 0 Å². The molecule has 0 unspecified atom stereocenters. The summed E-state index contributed by atoms with van der Waals surface area (Å²) in [5, 5.41) is 5.06. The van der Waals surface area contributed by atoms with Crippen molar-refractivity contribution in [1.29, 1.82) is 0 Å². The molecule has 4 aromatic rings. The van der Waals surface area contributed by atoms with Gasteiger partial charge in [0.2, 0.25) is 0 Å². The van der Waals surface area contributed by atoms with Crippen LogP contribution in [0.3, 0.4) is 0 Å². The third-order valence-electron chi connectivity index (χ3n) is 5.78. The summed E-state index contributed by atoms with van der Waals surface area (Å²) < 4.78 is 0. The van der Waals surface area contributed by atoms with E-state index in [-0.39, 0.29) is 0 Å². The van der Waals surface area contributed by atoms with E-state index >= 15 is 0 Å². The molecule has 0 radical (unpaired) electrons. The Balaban J connectivity index is 1.78. The molecule has 0 saturated carbocycles. The molecular weight excluding hydrogens is 362 g/mol. The summed E-state index contributed by atoms with van der Waals surface area (Å²) in [4.78, 5) is 2.38. The molecule has 146 valence electrons. The van der Waals surface area contributed by atoms with Gasteiger partial charge in [0.15, 0.2) is 0 Å². The minimum Gasteiger partial charge on any atom is -0.310 e. The summed E-state index contributed by atoms with van der Waals surface area (Å²) >= 11 is 0. The van der Waals surface area contributed by atoms with Crippen molar-refractivity contribution in [3.05, 3.63) is 120 Å². The minimum absolute atomic E-state index is 0.988. The minimum atomic E-state index is 0.988. The maximum atomic E-state index is 2.38. The Morgan fingerprint density at radius 3 is 2.23 bits per heavy atom. The van der Waals surface area contributed by atoms with E-state index in [1.165, 1.54) is 49.8 Å². The fourth-order valence-electron chi connectivity index (χ4n) is 4.13. The highest BCUT2D eigenvalue weighted by atomic mass is 15.1. The molecule has 1 aliphatic carbocycles. The van der Waals surface area contributed by atoms with Crippen molar-refractivity contribution in [2.45, 2.75) is 20.3 Å². The van der Waals surface area contributed by atoms with Crippen molar-refractivity contribution in [3.63, 3.8) is 0 Å². The standard InChI is InChI=1S/C29H25N/c1-21-7-5-11-26(16-13-21)30(27-17-14-22(2)15-18-27)29-12-6-10-25-19-23-8-3-4-9-24(23)20-28(25)29/h3-6,8-20H,7H2,1-2H3. The Kier molecular flexibility index (Phi) is 4.72. The molecule has 0 heterocycles. The van der Waals surface area contributed by atoms with Crippen molar-refractivity contribution in [2.24, 2.45) is 0 Å². The number of rotatable bonds is 3. The molecule has 4 aromatic carbocycles. The largest absolute Gasteiger partial charge is 0.310 e. The third-order valence-corrected chi connectivity index (χ3v) is 5.78. The summed E-state index contributed by atoms with van der Waals surface area (Å²) in [5.74, 6) is 0. The number of benzene rings is 4. The molecular formula is C29H25N. The van der Waals surface area contributed by atoms with Crippen molar-refractivity contribution in [3.8, 4) is 0 Å². The predicted molar refractivity (Wildman–Crippen MR) is 130 cm³/mol. The van der Waals surface area contributed by atoms with E-state index in [9.17, 15) is 0 Å². The normalized spacial score (nSPS) is 13.8. The number of hydrogen-bond acceptors (Lipinski definition) is 1. The molecule has 0 aliphatic heterocycles. The van der Waals surface area contributed by atoms with Crippen LogP contribution in [0.4, 0.5) is 11.4 Å². The molecule has 0 saturated heterocycles. The van der Waals surface area contributed by atoms with Crippen molar-refractivity contribution >= 4 is 32.9 Å². The number of aryl methyl sites for hydroxylation is 1. The second-order valence-corrected chi connectivity index (χ2v) is 8.08. The van der Waals surface area contributed by atoms with Crippen LogP contribution in [0.25, 0.3) is 21.5 Å². The van der Waals surface area contributed by atoms with Crippen molar-refractivity contribution in [1.82, 2.24) is 0 Å². The lowest BCUT2D eigenvalue weighted by molar-refractivity contribution is 1.20. The average Bonchev–Trinajstić information content (AvgIpc) is 2.98. The predicted octanol–water partition coefficient (Wildman–Crippen LogP) is 8.23.